The van der Waals surface area contributed by atoms with Crippen LogP contribution in [-0.4, -0.2) is 21.6 Å². The summed E-state index contributed by atoms with van der Waals surface area (Å²) in [7, 11) is 0. The lowest BCUT2D eigenvalue weighted by Crippen LogP contribution is -2.27. The number of hydrogen-bond donors (Lipinski definition) is 2. The Morgan fingerprint density at radius 3 is 3.06 bits per heavy atom. The van der Waals surface area contributed by atoms with Crippen LogP contribution in [0.15, 0.2) is 26.4 Å². The molecule has 2 heterocycles. The molecule has 2 N–H and O–H groups in total. The largest absolute Gasteiger partial charge is 0.452 e. The molecule has 0 aliphatic rings. The molecule has 0 fully saturated rings. The van der Waals surface area contributed by atoms with Crippen molar-refractivity contribution in [1.29, 1.82) is 0 Å². The van der Waals surface area contributed by atoms with Gasteiger partial charge in [-0.05, 0) is 34.3 Å². The first-order chi connectivity index (χ1) is 8.67. The maximum Gasteiger partial charge on any atom is 0.321 e. The minimum absolute atomic E-state index is 0.311. The lowest BCUT2D eigenvalue weighted by Gasteiger charge is -2.02. The molecule has 0 saturated heterocycles. The molecule has 9 heteroatoms. The Bertz CT molecular complexity index is 542. The van der Waals surface area contributed by atoms with E-state index < -0.39 is 0 Å². The van der Waals surface area contributed by atoms with Gasteiger partial charge in [-0.2, -0.15) is 9.36 Å². The smallest absolute Gasteiger partial charge is 0.321 e. The van der Waals surface area contributed by atoms with Crippen molar-refractivity contribution in [3.8, 4) is 0 Å². The number of furan rings is 1. The average molecular weight is 349 g/mol. The second-order valence-electron chi connectivity index (χ2n) is 3.10. The fourth-order valence-corrected chi connectivity index (χ4v) is 2.56. The van der Waals surface area contributed by atoms with Crippen molar-refractivity contribution >= 4 is 50.4 Å². The van der Waals surface area contributed by atoms with Crippen LogP contribution in [0.25, 0.3) is 0 Å². The molecular weight excluding hydrogens is 340 g/mol. The van der Waals surface area contributed by atoms with Crippen LogP contribution in [0.3, 0.4) is 0 Å². The Hall–Kier alpha value is -1.06. The number of carbonyl (C=O) groups is 1. The molecule has 0 aliphatic carbocycles. The van der Waals surface area contributed by atoms with Crippen LogP contribution in [0.1, 0.15) is 5.76 Å². The van der Waals surface area contributed by atoms with Crippen LogP contribution in [0.2, 0.25) is 0 Å². The molecule has 0 bridgehead atoms. The third kappa shape index (κ3) is 3.72. The van der Waals surface area contributed by atoms with Crippen LogP contribution in [0, 0.1) is 0 Å². The highest BCUT2D eigenvalue weighted by Gasteiger charge is 2.08. The number of thioether (sulfide) groups is 1. The molecule has 0 saturated carbocycles. The molecule has 96 valence electrons. The predicted molar refractivity (Wildman–Crippen MR) is 74.0 cm³/mol. The second kappa shape index (κ2) is 6.21. The molecule has 0 aromatic carbocycles. The molecule has 6 nitrogen and oxygen atoms in total. The van der Waals surface area contributed by atoms with E-state index in [9.17, 15) is 4.79 Å². The number of anilines is 1. The van der Waals surface area contributed by atoms with Crippen LogP contribution in [-0.2, 0) is 6.54 Å². The van der Waals surface area contributed by atoms with Gasteiger partial charge in [0.15, 0.2) is 4.67 Å². The first-order valence-corrected chi connectivity index (χ1v) is 7.63. The van der Waals surface area contributed by atoms with Crippen molar-refractivity contribution in [2.75, 3.05) is 11.6 Å². The third-order valence-corrected chi connectivity index (χ3v) is 3.58. The number of halogens is 1. The first kappa shape index (κ1) is 13.4. The molecular formula is C9H9BrN4O2S2. The van der Waals surface area contributed by atoms with Crippen molar-refractivity contribution in [3.05, 3.63) is 22.6 Å². The number of hydrogen-bond acceptors (Lipinski definition) is 6. The maximum atomic E-state index is 11.5. The van der Waals surface area contributed by atoms with Gasteiger partial charge in [0.1, 0.15) is 5.76 Å². The SMILES string of the molecule is CSc1nsc(NC(=O)NCc2ccc(Br)o2)n1. The van der Waals surface area contributed by atoms with Crippen LogP contribution < -0.4 is 10.6 Å². The number of carbonyl (C=O) groups excluding carboxylic acids is 1. The Morgan fingerprint density at radius 1 is 1.61 bits per heavy atom. The minimum atomic E-state index is -0.341. The Morgan fingerprint density at radius 2 is 2.44 bits per heavy atom. The molecule has 2 aromatic heterocycles. The van der Waals surface area contributed by atoms with E-state index >= 15 is 0 Å². The summed E-state index contributed by atoms with van der Waals surface area (Å²) in [5, 5.41) is 6.37. The van der Waals surface area contributed by atoms with Crippen molar-refractivity contribution in [1.82, 2.24) is 14.7 Å². The molecule has 2 aromatic rings. The van der Waals surface area contributed by atoms with Gasteiger partial charge in [-0.25, -0.2) is 4.79 Å². The summed E-state index contributed by atoms with van der Waals surface area (Å²) in [5.74, 6) is 0.666. The average Bonchev–Trinajstić information content (AvgIpc) is 2.95. The van der Waals surface area contributed by atoms with Gasteiger partial charge >= 0.3 is 6.03 Å². The summed E-state index contributed by atoms with van der Waals surface area (Å²) >= 11 is 5.76. The van der Waals surface area contributed by atoms with E-state index in [1.54, 1.807) is 12.1 Å². The van der Waals surface area contributed by atoms with Gasteiger partial charge in [-0.1, -0.05) is 11.8 Å². The first-order valence-electron chi connectivity index (χ1n) is 4.84. The normalized spacial score (nSPS) is 10.3. The van der Waals surface area contributed by atoms with Crippen LogP contribution in [0.5, 0.6) is 0 Å². The van der Waals surface area contributed by atoms with E-state index in [1.165, 1.54) is 11.8 Å². The van der Waals surface area contributed by atoms with E-state index in [0.717, 1.165) is 11.5 Å². The monoisotopic (exact) mass is 348 g/mol. The van der Waals surface area contributed by atoms with Gasteiger partial charge in [0.05, 0.1) is 6.54 Å². The van der Waals surface area contributed by atoms with E-state index in [-0.39, 0.29) is 6.03 Å². The summed E-state index contributed by atoms with van der Waals surface area (Å²) in [6, 6.07) is 3.21. The number of nitrogens with one attached hydrogen (secondary N) is 2. The molecule has 0 radical (unpaired) electrons. The van der Waals surface area contributed by atoms with Gasteiger partial charge < -0.3 is 9.73 Å². The van der Waals surface area contributed by atoms with E-state index in [2.05, 4.69) is 35.9 Å². The highest BCUT2D eigenvalue weighted by atomic mass is 79.9. The fourth-order valence-electron chi connectivity index (χ4n) is 1.10. The number of nitrogens with zero attached hydrogens (tertiary/aromatic N) is 2. The molecule has 18 heavy (non-hydrogen) atoms. The van der Waals surface area contributed by atoms with E-state index in [1.807, 2.05) is 6.26 Å². The summed E-state index contributed by atoms with van der Waals surface area (Å²) < 4.78 is 9.92. The van der Waals surface area contributed by atoms with Gasteiger partial charge in [0.2, 0.25) is 10.3 Å². The van der Waals surface area contributed by atoms with Gasteiger partial charge in [0.25, 0.3) is 0 Å². The summed E-state index contributed by atoms with van der Waals surface area (Å²) in [4.78, 5) is 15.6. The van der Waals surface area contributed by atoms with Crippen molar-refractivity contribution in [3.63, 3.8) is 0 Å². The van der Waals surface area contributed by atoms with E-state index in [4.69, 9.17) is 4.42 Å². The second-order valence-corrected chi connectivity index (χ2v) is 5.41. The number of rotatable bonds is 4. The molecule has 0 atom stereocenters. The number of aromatic nitrogens is 2. The Labute approximate surface area is 120 Å². The van der Waals surface area contributed by atoms with Crippen LogP contribution >= 0.6 is 39.2 Å². The third-order valence-electron chi connectivity index (χ3n) is 1.86. The maximum absolute atomic E-state index is 11.5. The zero-order valence-corrected chi connectivity index (χ0v) is 12.5. The summed E-state index contributed by atoms with van der Waals surface area (Å²) in [6.07, 6.45) is 1.88. The highest BCUT2D eigenvalue weighted by molar-refractivity contribution is 9.10. The lowest BCUT2D eigenvalue weighted by atomic mass is 10.4. The van der Waals surface area contributed by atoms with Gasteiger partial charge in [0, 0.05) is 11.5 Å². The fraction of sp³-hybridized carbons (Fsp3) is 0.222. The summed E-state index contributed by atoms with van der Waals surface area (Å²) in [6.45, 7) is 0.311. The lowest BCUT2D eigenvalue weighted by molar-refractivity contribution is 0.250. The standard InChI is InChI=1S/C9H9BrN4O2S2/c1-17-9-13-8(18-14-9)12-7(15)11-4-5-2-3-6(10)16-5/h2-3H,4H2,1H3,(H2,11,12,13,14,15). The molecule has 0 aliphatic heterocycles. The zero-order chi connectivity index (χ0) is 13.0. The quantitative estimate of drug-likeness (QED) is 0.830. The topological polar surface area (TPSA) is 80.0 Å². The number of amides is 2. The van der Waals surface area contributed by atoms with E-state index in [0.29, 0.717) is 27.3 Å². The van der Waals surface area contributed by atoms with Crippen LogP contribution in [0.4, 0.5) is 9.93 Å². The van der Waals surface area contributed by atoms with Crippen molar-refractivity contribution in [2.24, 2.45) is 0 Å². The predicted octanol–water partition coefficient (Wildman–Crippen LogP) is 2.94. The summed E-state index contributed by atoms with van der Waals surface area (Å²) in [5.41, 5.74) is 0. The molecule has 2 amide bonds. The Kier molecular flexibility index (Phi) is 4.61. The molecule has 0 unspecified atom stereocenters. The highest BCUT2D eigenvalue weighted by Crippen LogP contribution is 2.17. The van der Waals surface area contributed by atoms with Gasteiger partial charge in [-0.3, -0.25) is 5.32 Å². The zero-order valence-electron chi connectivity index (χ0n) is 9.27. The van der Waals surface area contributed by atoms with Crippen molar-refractivity contribution < 1.29 is 9.21 Å². The van der Waals surface area contributed by atoms with Gasteiger partial charge in [-0.15, -0.1) is 0 Å². The number of urea groups is 1. The van der Waals surface area contributed by atoms with Crippen molar-refractivity contribution in [2.45, 2.75) is 11.7 Å². The molecule has 0 spiro atoms. The molecule has 2 rings (SSSR count). The minimum Gasteiger partial charge on any atom is -0.452 e. The Balaban J connectivity index is 1.81.